The molecule has 0 radical (unpaired) electrons. The molecule has 2 rings (SSSR count). The average molecular weight is 303 g/mol. The fourth-order valence-electron chi connectivity index (χ4n) is 2.66. The summed E-state index contributed by atoms with van der Waals surface area (Å²) < 4.78 is 5.62. The summed E-state index contributed by atoms with van der Waals surface area (Å²) >= 11 is 0. The molecule has 1 heterocycles. The highest BCUT2D eigenvalue weighted by Gasteiger charge is 2.36. The Kier molecular flexibility index (Phi) is 5.01. The lowest BCUT2D eigenvalue weighted by Gasteiger charge is -2.44. The van der Waals surface area contributed by atoms with E-state index in [0.29, 0.717) is 18.7 Å². The summed E-state index contributed by atoms with van der Waals surface area (Å²) in [6.45, 7) is 9.07. The first-order valence-electron chi connectivity index (χ1n) is 7.81. The molecule has 1 aromatic carbocycles. The van der Waals surface area contributed by atoms with Gasteiger partial charge in [-0.1, -0.05) is 29.8 Å². The Labute approximate surface area is 132 Å². The zero-order chi connectivity index (χ0) is 16.3. The van der Waals surface area contributed by atoms with Crippen molar-refractivity contribution in [3.05, 3.63) is 35.4 Å². The Bertz CT molecular complexity index is 548. The molecule has 0 spiro atoms. The first kappa shape index (κ1) is 16.7. The van der Waals surface area contributed by atoms with Crippen LogP contribution in [-0.2, 0) is 9.53 Å². The van der Waals surface area contributed by atoms with Gasteiger partial charge in [0.25, 0.3) is 0 Å². The molecule has 0 N–H and O–H groups in total. The average Bonchev–Trinajstić information content (AvgIpc) is 2.47. The second-order valence-electron chi connectivity index (χ2n) is 6.73. The van der Waals surface area contributed by atoms with Gasteiger partial charge in [-0.25, -0.2) is 0 Å². The fourth-order valence-corrected chi connectivity index (χ4v) is 2.66. The molecule has 0 aromatic heterocycles. The summed E-state index contributed by atoms with van der Waals surface area (Å²) in [5, 5.41) is 0. The van der Waals surface area contributed by atoms with Gasteiger partial charge in [-0.15, -0.1) is 0 Å². The highest BCUT2D eigenvalue weighted by Crippen LogP contribution is 2.23. The first-order valence-corrected chi connectivity index (χ1v) is 7.81. The minimum atomic E-state index is -0.309. The summed E-state index contributed by atoms with van der Waals surface area (Å²) in [6, 6.07) is 7.48. The Hall–Kier alpha value is -1.68. The molecule has 1 atom stereocenters. The van der Waals surface area contributed by atoms with E-state index < -0.39 is 0 Å². The number of amides is 1. The van der Waals surface area contributed by atoms with Crippen molar-refractivity contribution < 1.29 is 14.3 Å². The predicted molar refractivity (Wildman–Crippen MR) is 85.9 cm³/mol. The third kappa shape index (κ3) is 3.95. The number of rotatable bonds is 4. The van der Waals surface area contributed by atoms with Gasteiger partial charge in [0.2, 0.25) is 5.91 Å². The van der Waals surface area contributed by atoms with Gasteiger partial charge in [0.15, 0.2) is 5.78 Å². The van der Waals surface area contributed by atoms with Crippen LogP contribution in [0, 0.1) is 6.92 Å². The van der Waals surface area contributed by atoms with Crippen molar-refractivity contribution in [2.24, 2.45) is 0 Å². The van der Waals surface area contributed by atoms with Crippen LogP contribution in [0.2, 0.25) is 0 Å². The lowest BCUT2D eigenvalue weighted by Crippen LogP contribution is -2.57. The number of carbonyl (C=O) groups excluding carboxylic acids is 2. The Balaban J connectivity index is 1.94. The third-order valence-corrected chi connectivity index (χ3v) is 4.13. The van der Waals surface area contributed by atoms with Gasteiger partial charge in [0.1, 0.15) is 0 Å². The molecule has 4 nitrogen and oxygen atoms in total. The largest absolute Gasteiger partial charge is 0.374 e. The van der Waals surface area contributed by atoms with Crippen LogP contribution in [0.1, 0.15) is 49.5 Å². The zero-order valence-corrected chi connectivity index (χ0v) is 13.9. The highest BCUT2D eigenvalue weighted by atomic mass is 16.5. The van der Waals surface area contributed by atoms with Gasteiger partial charge in [0, 0.05) is 24.9 Å². The molecule has 1 saturated heterocycles. The molecule has 1 fully saturated rings. The van der Waals surface area contributed by atoms with Crippen molar-refractivity contribution in [2.75, 3.05) is 13.2 Å². The molecule has 1 aliphatic heterocycles. The van der Waals surface area contributed by atoms with Crippen molar-refractivity contribution >= 4 is 11.7 Å². The minimum absolute atomic E-state index is 0.0208. The molecule has 22 heavy (non-hydrogen) atoms. The molecule has 1 aliphatic rings. The number of hydrogen-bond donors (Lipinski definition) is 0. The van der Waals surface area contributed by atoms with Crippen LogP contribution in [0.3, 0.4) is 0 Å². The SMILES string of the molecule is Cc1ccc(C(=O)CCC(=O)N2CC(C)OCC2(C)C)cc1. The molecule has 1 amide bonds. The van der Waals surface area contributed by atoms with Crippen LogP contribution in [0.4, 0.5) is 0 Å². The maximum Gasteiger partial charge on any atom is 0.223 e. The maximum atomic E-state index is 12.5. The van der Waals surface area contributed by atoms with E-state index in [2.05, 4.69) is 0 Å². The lowest BCUT2D eigenvalue weighted by atomic mass is 9.99. The minimum Gasteiger partial charge on any atom is -0.374 e. The summed E-state index contributed by atoms with van der Waals surface area (Å²) in [6.07, 6.45) is 0.553. The van der Waals surface area contributed by atoms with E-state index in [-0.39, 0.29) is 36.2 Å². The summed E-state index contributed by atoms with van der Waals surface area (Å²) in [7, 11) is 0. The third-order valence-electron chi connectivity index (χ3n) is 4.13. The van der Waals surface area contributed by atoms with Crippen molar-refractivity contribution in [2.45, 2.75) is 52.2 Å². The standard InChI is InChI=1S/C18H25NO3/c1-13-5-7-15(8-6-13)16(20)9-10-17(21)19-11-14(2)22-12-18(19,3)4/h5-8,14H,9-12H2,1-4H3. The fraction of sp³-hybridized carbons (Fsp3) is 0.556. The monoisotopic (exact) mass is 303 g/mol. The van der Waals surface area contributed by atoms with Crippen molar-refractivity contribution in [1.29, 1.82) is 0 Å². The van der Waals surface area contributed by atoms with E-state index in [0.717, 1.165) is 5.56 Å². The number of carbonyl (C=O) groups is 2. The molecular formula is C18H25NO3. The summed E-state index contributed by atoms with van der Waals surface area (Å²) in [5.41, 5.74) is 1.49. The van der Waals surface area contributed by atoms with E-state index in [1.807, 2.05) is 56.9 Å². The number of aryl methyl sites for hydroxylation is 1. The van der Waals surface area contributed by atoms with Crippen LogP contribution in [0.25, 0.3) is 0 Å². The summed E-state index contributed by atoms with van der Waals surface area (Å²) in [5.74, 6) is 0.0491. The van der Waals surface area contributed by atoms with Crippen molar-refractivity contribution in [3.63, 3.8) is 0 Å². The number of morpholine rings is 1. The van der Waals surface area contributed by atoms with E-state index in [9.17, 15) is 9.59 Å². The number of Topliss-reactive ketones (excluding diaryl/α,β-unsaturated/α-hetero) is 1. The Morgan fingerprint density at radius 3 is 2.50 bits per heavy atom. The van der Waals surface area contributed by atoms with Gasteiger partial charge >= 0.3 is 0 Å². The Morgan fingerprint density at radius 1 is 1.23 bits per heavy atom. The number of ether oxygens (including phenoxy) is 1. The molecule has 0 aliphatic carbocycles. The Morgan fingerprint density at radius 2 is 1.86 bits per heavy atom. The maximum absolute atomic E-state index is 12.5. The molecule has 1 unspecified atom stereocenters. The van der Waals surface area contributed by atoms with E-state index in [1.54, 1.807) is 0 Å². The van der Waals surface area contributed by atoms with Crippen molar-refractivity contribution in [1.82, 2.24) is 4.90 Å². The van der Waals surface area contributed by atoms with Gasteiger partial charge in [-0.2, -0.15) is 0 Å². The normalized spacial score (nSPS) is 20.7. The van der Waals surface area contributed by atoms with Crippen LogP contribution in [0.5, 0.6) is 0 Å². The molecule has 0 saturated carbocycles. The smallest absolute Gasteiger partial charge is 0.223 e. The van der Waals surface area contributed by atoms with E-state index >= 15 is 0 Å². The van der Waals surface area contributed by atoms with Gasteiger partial charge in [-0.3, -0.25) is 9.59 Å². The predicted octanol–water partition coefficient (Wildman–Crippen LogP) is 2.98. The number of hydrogen-bond acceptors (Lipinski definition) is 3. The van der Waals surface area contributed by atoms with Gasteiger partial charge in [-0.05, 0) is 27.7 Å². The van der Waals surface area contributed by atoms with Crippen LogP contribution >= 0.6 is 0 Å². The molecule has 120 valence electrons. The lowest BCUT2D eigenvalue weighted by molar-refractivity contribution is -0.152. The summed E-state index contributed by atoms with van der Waals surface area (Å²) in [4.78, 5) is 26.5. The first-order chi connectivity index (χ1) is 10.3. The highest BCUT2D eigenvalue weighted by molar-refractivity contribution is 5.98. The number of nitrogens with zero attached hydrogens (tertiary/aromatic N) is 1. The van der Waals surface area contributed by atoms with Crippen LogP contribution < -0.4 is 0 Å². The number of benzene rings is 1. The molecule has 4 heteroatoms. The van der Waals surface area contributed by atoms with Gasteiger partial charge in [0.05, 0.1) is 18.2 Å². The zero-order valence-electron chi connectivity index (χ0n) is 13.9. The second kappa shape index (κ2) is 6.61. The van der Waals surface area contributed by atoms with E-state index in [4.69, 9.17) is 4.74 Å². The van der Waals surface area contributed by atoms with Crippen LogP contribution in [-0.4, -0.2) is 41.4 Å². The van der Waals surface area contributed by atoms with E-state index in [1.165, 1.54) is 0 Å². The van der Waals surface area contributed by atoms with Crippen molar-refractivity contribution in [3.8, 4) is 0 Å². The molecule has 0 bridgehead atoms. The van der Waals surface area contributed by atoms with Gasteiger partial charge < -0.3 is 9.64 Å². The second-order valence-corrected chi connectivity index (χ2v) is 6.73. The van der Waals surface area contributed by atoms with Crippen LogP contribution in [0.15, 0.2) is 24.3 Å². The number of ketones is 1. The quantitative estimate of drug-likeness (QED) is 0.803. The molecular weight excluding hydrogens is 278 g/mol. The topological polar surface area (TPSA) is 46.6 Å². The molecule has 1 aromatic rings.